The van der Waals surface area contributed by atoms with Gasteiger partial charge in [-0.15, -0.1) is 0 Å². The Kier molecular flexibility index (Phi) is 6.34. The zero-order chi connectivity index (χ0) is 26.9. The van der Waals surface area contributed by atoms with Crippen molar-refractivity contribution in [2.45, 2.75) is 73.5 Å². The molecule has 2 aromatic carbocycles. The zero-order valence-corrected chi connectivity index (χ0v) is 23.5. The number of benzene rings is 2. The second-order valence-corrected chi connectivity index (χ2v) is 14.1. The van der Waals surface area contributed by atoms with Crippen molar-refractivity contribution in [1.29, 1.82) is 0 Å². The van der Waals surface area contributed by atoms with Crippen LogP contribution in [0.1, 0.15) is 50.0 Å². The first-order valence-electron chi connectivity index (χ1n) is 14.3. The average molecular weight is 553 g/mol. The number of piperidine rings is 2. The van der Waals surface area contributed by atoms with Crippen molar-refractivity contribution in [3.05, 3.63) is 47.8 Å². The van der Waals surface area contributed by atoms with Crippen LogP contribution < -0.4 is 0 Å². The van der Waals surface area contributed by atoms with Crippen molar-refractivity contribution in [2.24, 2.45) is 7.05 Å². The van der Waals surface area contributed by atoms with Gasteiger partial charge in [0.1, 0.15) is 11.3 Å². The van der Waals surface area contributed by atoms with Crippen LogP contribution in [0.3, 0.4) is 0 Å². The molecule has 0 amide bonds. The monoisotopic (exact) mass is 552 g/mol. The molecule has 39 heavy (non-hydrogen) atoms. The average Bonchev–Trinajstić information content (AvgIpc) is 3.35. The number of sulfone groups is 1. The van der Waals surface area contributed by atoms with Gasteiger partial charge in [0, 0.05) is 37.0 Å². The molecule has 0 N–H and O–H groups in total. The smallest absolute Gasteiger partial charge is 0.175 e. The van der Waals surface area contributed by atoms with E-state index in [1.54, 1.807) is 24.3 Å². The third-order valence-electron chi connectivity index (χ3n) is 9.85. The van der Waals surface area contributed by atoms with Crippen molar-refractivity contribution < 1.29 is 17.5 Å². The van der Waals surface area contributed by atoms with E-state index in [1.807, 2.05) is 23.7 Å². The molecule has 4 fully saturated rings. The van der Waals surface area contributed by atoms with Crippen molar-refractivity contribution >= 4 is 20.9 Å². The molecule has 4 aliphatic heterocycles. The summed E-state index contributed by atoms with van der Waals surface area (Å²) < 4.78 is 47.0. The summed E-state index contributed by atoms with van der Waals surface area (Å²) in [4.78, 5) is 10.4. The maximum Gasteiger partial charge on any atom is 0.175 e. The van der Waals surface area contributed by atoms with Gasteiger partial charge in [-0.05, 0) is 93.4 Å². The molecule has 0 radical (unpaired) electrons. The molecule has 0 spiro atoms. The van der Waals surface area contributed by atoms with Crippen LogP contribution in [0.4, 0.5) is 4.39 Å². The van der Waals surface area contributed by atoms with Crippen LogP contribution >= 0.6 is 0 Å². The predicted molar refractivity (Wildman–Crippen MR) is 149 cm³/mol. The zero-order valence-electron chi connectivity index (χ0n) is 22.7. The summed E-state index contributed by atoms with van der Waals surface area (Å²) in [7, 11) is -1.40. The van der Waals surface area contributed by atoms with Gasteiger partial charge in [-0.25, -0.2) is 17.8 Å². The minimum absolute atomic E-state index is 0.203. The molecule has 0 saturated carbocycles. The second-order valence-electron chi connectivity index (χ2n) is 12.1. The molecule has 1 aromatic heterocycles. The van der Waals surface area contributed by atoms with Gasteiger partial charge in [0.05, 0.1) is 29.7 Å². The first-order valence-corrected chi connectivity index (χ1v) is 16.2. The normalized spacial score (nSPS) is 27.3. The number of likely N-dealkylation sites (tertiary alicyclic amines) is 1. The lowest BCUT2D eigenvalue weighted by Gasteiger charge is -2.49. The Bertz CT molecular complexity index is 1480. The van der Waals surface area contributed by atoms with Crippen LogP contribution in [0.25, 0.3) is 22.4 Å². The number of hydrogen-bond donors (Lipinski definition) is 0. The minimum atomic E-state index is -3.28. The molecule has 5 heterocycles. The van der Waals surface area contributed by atoms with E-state index in [-0.39, 0.29) is 16.6 Å². The van der Waals surface area contributed by atoms with Gasteiger partial charge in [0.15, 0.2) is 15.7 Å². The number of ether oxygens (including phenoxy) is 1. The Labute approximate surface area is 229 Å². The molecule has 208 valence electrons. The molecule has 4 aliphatic rings. The number of hydrogen-bond acceptors (Lipinski definition) is 6. The molecule has 7 rings (SSSR count). The highest BCUT2D eigenvalue weighted by molar-refractivity contribution is 7.90. The molecule has 3 aromatic rings. The molecule has 2 unspecified atom stereocenters. The number of halogens is 1. The van der Waals surface area contributed by atoms with Gasteiger partial charge < -0.3 is 14.2 Å². The van der Waals surface area contributed by atoms with Gasteiger partial charge >= 0.3 is 0 Å². The summed E-state index contributed by atoms with van der Waals surface area (Å²) in [5.74, 6) is 0.620. The van der Waals surface area contributed by atoms with Gasteiger partial charge in [-0.2, -0.15) is 0 Å². The molecule has 2 bridgehead atoms. The molecule has 7 nitrogen and oxygen atoms in total. The maximum atomic E-state index is 15.9. The second kappa shape index (κ2) is 9.65. The van der Waals surface area contributed by atoms with E-state index in [9.17, 15) is 8.42 Å². The highest BCUT2D eigenvalue weighted by Crippen LogP contribution is 2.42. The van der Waals surface area contributed by atoms with Crippen molar-refractivity contribution in [3.8, 4) is 11.4 Å². The van der Waals surface area contributed by atoms with E-state index in [2.05, 4.69) is 14.8 Å². The predicted octanol–water partition coefficient (Wildman–Crippen LogP) is 4.36. The number of rotatable bonds is 5. The van der Waals surface area contributed by atoms with E-state index in [4.69, 9.17) is 4.74 Å². The number of nitrogens with zero attached hydrogens (tertiary/aromatic N) is 4. The van der Waals surface area contributed by atoms with Crippen molar-refractivity contribution in [2.75, 3.05) is 32.6 Å². The summed E-state index contributed by atoms with van der Waals surface area (Å²) in [6, 6.07) is 13.3. The van der Waals surface area contributed by atoms with E-state index in [1.165, 1.54) is 31.9 Å². The van der Waals surface area contributed by atoms with E-state index in [0.29, 0.717) is 35.5 Å². The summed E-state index contributed by atoms with van der Waals surface area (Å²) >= 11 is 0. The lowest BCUT2D eigenvalue weighted by molar-refractivity contribution is -0.100. The Morgan fingerprint density at radius 1 is 0.897 bits per heavy atom. The quantitative estimate of drug-likeness (QED) is 0.469. The summed E-state index contributed by atoms with van der Waals surface area (Å²) in [5.41, 5.74) is 2.68. The Hall–Kier alpha value is -2.33. The van der Waals surface area contributed by atoms with Crippen LogP contribution in [0.15, 0.2) is 41.3 Å². The SMILES string of the molecule is Cn1c(-c2ccc(S(C)(=O)=O)cc2)nc2c(F)c(C3CCN(C4CC5CCC(C4)N5C4COC4)CC3)ccc21. The third-order valence-corrected chi connectivity index (χ3v) is 11.0. The van der Waals surface area contributed by atoms with Gasteiger partial charge in [0.25, 0.3) is 0 Å². The standard InChI is InChI=1S/C30H37FN4O3S/c1-33-27-10-9-26(28(31)29(27)32-30(33)20-3-7-25(8-4-20)39(2,36)37)19-11-13-34(14-12-19)23-15-21-5-6-22(16-23)35(21)24-17-38-18-24/h3-4,7-10,19,21-24H,5-6,11-18H2,1-2H3. The topological polar surface area (TPSA) is 67.7 Å². The fraction of sp³-hybridized carbons (Fsp3) is 0.567. The number of fused-ring (bicyclic) bond motifs is 3. The highest BCUT2D eigenvalue weighted by Gasteiger charge is 2.47. The highest BCUT2D eigenvalue weighted by atomic mass is 32.2. The maximum absolute atomic E-state index is 15.9. The van der Waals surface area contributed by atoms with Crippen LogP contribution in [-0.4, -0.2) is 84.5 Å². The minimum Gasteiger partial charge on any atom is -0.378 e. The van der Waals surface area contributed by atoms with Crippen molar-refractivity contribution in [3.63, 3.8) is 0 Å². The van der Waals surface area contributed by atoms with Crippen molar-refractivity contribution in [1.82, 2.24) is 19.4 Å². The molecule has 9 heteroatoms. The largest absolute Gasteiger partial charge is 0.378 e. The van der Waals surface area contributed by atoms with Crippen LogP contribution in [0, 0.1) is 5.82 Å². The number of imidazole rings is 1. The Morgan fingerprint density at radius 2 is 1.56 bits per heavy atom. The fourth-order valence-corrected chi connectivity index (χ4v) is 8.35. The van der Waals surface area contributed by atoms with Crippen LogP contribution in [0.5, 0.6) is 0 Å². The molecule has 2 atom stereocenters. The summed E-state index contributed by atoms with van der Waals surface area (Å²) in [6.45, 7) is 3.87. The van der Waals surface area contributed by atoms with Gasteiger partial charge in [-0.1, -0.05) is 6.07 Å². The molecule has 0 aliphatic carbocycles. The van der Waals surface area contributed by atoms with Crippen LogP contribution in [-0.2, 0) is 21.6 Å². The lowest BCUT2D eigenvalue weighted by Crippen LogP contribution is -2.59. The number of aryl methyl sites for hydroxylation is 1. The van der Waals surface area contributed by atoms with E-state index in [0.717, 1.165) is 55.8 Å². The van der Waals surface area contributed by atoms with E-state index >= 15 is 4.39 Å². The molecule has 4 saturated heterocycles. The first kappa shape index (κ1) is 25.6. The number of aromatic nitrogens is 2. The molecular weight excluding hydrogens is 515 g/mol. The van der Waals surface area contributed by atoms with Gasteiger partial charge in [-0.3, -0.25) is 4.90 Å². The summed E-state index contributed by atoms with van der Waals surface area (Å²) in [5, 5.41) is 0. The van der Waals surface area contributed by atoms with Crippen LogP contribution in [0.2, 0.25) is 0 Å². The third kappa shape index (κ3) is 4.42. The first-order chi connectivity index (χ1) is 18.8. The Balaban J connectivity index is 1.06. The molecular formula is C30H37FN4O3S. The fourth-order valence-electron chi connectivity index (χ4n) is 7.72. The Morgan fingerprint density at radius 3 is 2.15 bits per heavy atom. The lowest BCUT2D eigenvalue weighted by atomic mass is 9.86. The summed E-state index contributed by atoms with van der Waals surface area (Å²) in [6.07, 6.45) is 8.32. The van der Waals surface area contributed by atoms with E-state index < -0.39 is 9.84 Å². The van der Waals surface area contributed by atoms with Gasteiger partial charge in [0.2, 0.25) is 0 Å².